The molecule has 4 aromatic carbocycles. The number of rotatable bonds is 5. The molecule has 0 spiro atoms. The van der Waals surface area contributed by atoms with Crippen molar-refractivity contribution in [2.24, 2.45) is 0 Å². The highest BCUT2D eigenvalue weighted by molar-refractivity contribution is 8.00. The van der Waals surface area contributed by atoms with Crippen LogP contribution in [0.2, 0.25) is 0 Å². The van der Waals surface area contributed by atoms with Gasteiger partial charge in [0, 0.05) is 31.4 Å². The van der Waals surface area contributed by atoms with Gasteiger partial charge in [0.1, 0.15) is 0 Å². The molecule has 0 aliphatic carbocycles. The SMILES string of the molecule is CC(C)Sc1ccc2ccccc2c1-c1c(SC(C)C)ccc2ccccc12. The quantitative estimate of drug-likeness (QED) is 0.306. The molecule has 0 nitrogen and oxygen atoms in total. The molecule has 0 aromatic heterocycles. The average Bonchev–Trinajstić information content (AvgIpc) is 2.67. The summed E-state index contributed by atoms with van der Waals surface area (Å²) in [6.45, 7) is 9.10. The van der Waals surface area contributed by atoms with Crippen LogP contribution in [0.4, 0.5) is 0 Å². The van der Waals surface area contributed by atoms with Gasteiger partial charge in [-0.25, -0.2) is 0 Å². The van der Waals surface area contributed by atoms with Crippen molar-refractivity contribution in [3.8, 4) is 11.1 Å². The summed E-state index contributed by atoms with van der Waals surface area (Å²) in [6, 6.07) is 26.8. The van der Waals surface area contributed by atoms with E-state index < -0.39 is 0 Å². The number of fused-ring (bicyclic) bond motifs is 2. The normalized spacial score (nSPS) is 11.8. The van der Waals surface area contributed by atoms with Crippen molar-refractivity contribution >= 4 is 45.1 Å². The van der Waals surface area contributed by atoms with E-state index in [1.54, 1.807) is 0 Å². The maximum atomic E-state index is 2.31. The Morgan fingerprint density at radius 3 is 1.29 bits per heavy atom. The lowest BCUT2D eigenvalue weighted by Crippen LogP contribution is -1.95. The molecular formula is C26H26S2. The Labute approximate surface area is 176 Å². The lowest BCUT2D eigenvalue weighted by Gasteiger charge is -2.20. The Kier molecular flexibility index (Phi) is 5.70. The fourth-order valence-electron chi connectivity index (χ4n) is 3.72. The van der Waals surface area contributed by atoms with Crippen molar-refractivity contribution in [1.82, 2.24) is 0 Å². The lowest BCUT2D eigenvalue weighted by atomic mass is 9.94. The third-order valence-corrected chi connectivity index (χ3v) is 6.89. The summed E-state index contributed by atoms with van der Waals surface area (Å²) < 4.78 is 0. The van der Waals surface area contributed by atoms with Gasteiger partial charge in [0.15, 0.2) is 0 Å². The van der Waals surface area contributed by atoms with Crippen molar-refractivity contribution < 1.29 is 0 Å². The molecule has 0 unspecified atom stereocenters. The Bertz CT molecular complexity index is 1030. The zero-order chi connectivity index (χ0) is 19.7. The average molecular weight is 403 g/mol. The molecule has 0 saturated carbocycles. The molecule has 0 radical (unpaired) electrons. The largest absolute Gasteiger partial charge is 0.123 e. The van der Waals surface area contributed by atoms with Crippen LogP contribution in [0.25, 0.3) is 32.7 Å². The highest BCUT2D eigenvalue weighted by atomic mass is 32.2. The van der Waals surface area contributed by atoms with Crippen molar-refractivity contribution in [1.29, 1.82) is 0 Å². The van der Waals surface area contributed by atoms with E-state index in [-0.39, 0.29) is 0 Å². The molecule has 2 heteroatoms. The van der Waals surface area contributed by atoms with Gasteiger partial charge in [-0.15, -0.1) is 23.5 Å². The lowest BCUT2D eigenvalue weighted by molar-refractivity contribution is 1.11. The van der Waals surface area contributed by atoms with E-state index in [9.17, 15) is 0 Å². The molecule has 0 aliphatic rings. The number of benzene rings is 4. The molecule has 0 bridgehead atoms. The first-order chi connectivity index (χ1) is 13.5. The van der Waals surface area contributed by atoms with Gasteiger partial charge >= 0.3 is 0 Å². The van der Waals surface area contributed by atoms with Gasteiger partial charge in [0.05, 0.1) is 0 Å². The second kappa shape index (κ2) is 8.23. The monoisotopic (exact) mass is 402 g/mol. The van der Waals surface area contributed by atoms with Crippen LogP contribution >= 0.6 is 23.5 Å². The molecule has 0 heterocycles. The van der Waals surface area contributed by atoms with Crippen LogP contribution in [-0.4, -0.2) is 10.5 Å². The van der Waals surface area contributed by atoms with Gasteiger partial charge in [0.25, 0.3) is 0 Å². The molecule has 28 heavy (non-hydrogen) atoms. The van der Waals surface area contributed by atoms with E-state index in [0.29, 0.717) is 10.5 Å². The summed E-state index contributed by atoms with van der Waals surface area (Å²) in [6.07, 6.45) is 0. The van der Waals surface area contributed by atoms with E-state index in [4.69, 9.17) is 0 Å². The molecule has 4 aromatic rings. The van der Waals surface area contributed by atoms with Gasteiger partial charge in [-0.1, -0.05) is 88.4 Å². The first-order valence-electron chi connectivity index (χ1n) is 9.92. The first-order valence-corrected chi connectivity index (χ1v) is 11.7. The van der Waals surface area contributed by atoms with Crippen molar-refractivity contribution in [3.63, 3.8) is 0 Å². The van der Waals surface area contributed by atoms with Crippen LogP contribution in [0.5, 0.6) is 0 Å². The van der Waals surface area contributed by atoms with E-state index in [0.717, 1.165) is 0 Å². The smallest absolute Gasteiger partial charge is 0.0160 e. The minimum atomic E-state index is 0.538. The first kappa shape index (κ1) is 19.4. The minimum Gasteiger partial charge on any atom is -0.123 e. The van der Waals surface area contributed by atoms with E-state index in [1.807, 2.05) is 23.5 Å². The maximum Gasteiger partial charge on any atom is 0.0160 e. The van der Waals surface area contributed by atoms with Crippen LogP contribution in [0.15, 0.2) is 82.6 Å². The number of thioether (sulfide) groups is 2. The zero-order valence-electron chi connectivity index (χ0n) is 16.9. The van der Waals surface area contributed by atoms with Gasteiger partial charge in [-0.2, -0.15) is 0 Å². The standard InChI is InChI=1S/C26H26S2/c1-17(2)27-23-15-13-19-9-5-7-11-21(19)25(23)26-22-12-8-6-10-20(22)14-16-24(26)28-18(3)4/h5-18H,1-4H3. The summed E-state index contributed by atoms with van der Waals surface area (Å²) >= 11 is 3.92. The van der Waals surface area contributed by atoms with Crippen molar-refractivity contribution in [3.05, 3.63) is 72.8 Å². The Balaban J connectivity index is 2.13. The molecule has 0 atom stereocenters. The summed E-state index contributed by atoms with van der Waals surface area (Å²) in [7, 11) is 0. The van der Waals surface area contributed by atoms with E-state index >= 15 is 0 Å². The second-order valence-electron chi connectivity index (χ2n) is 7.65. The van der Waals surface area contributed by atoms with Crippen molar-refractivity contribution in [2.75, 3.05) is 0 Å². The molecule has 0 fully saturated rings. The number of hydrogen-bond donors (Lipinski definition) is 0. The van der Waals surface area contributed by atoms with Gasteiger partial charge < -0.3 is 0 Å². The number of hydrogen-bond acceptors (Lipinski definition) is 2. The van der Waals surface area contributed by atoms with Crippen LogP contribution in [0.3, 0.4) is 0 Å². The summed E-state index contributed by atoms with van der Waals surface area (Å²) in [5.74, 6) is 0. The second-order valence-corrected chi connectivity index (χ2v) is 10.9. The zero-order valence-corrected chi connectivity index (χ0v) is 18.5. The third kappa shape index (κ3) is 3.81. The predicted octanol–water partition coefficient (Wildman–Crippen LogP) is 8.66. The van der Waals surface area contributed by atoms with Gasteiger partial charge in [-0.05, 0) is 33.7 Å². The van der Waals surface area contributed by atoms with Crippen LogP contribution in [-0.2, 0) is 0 Å². The van der Waals surface area contributed by atoms with Crippen LogP contribution in [0, 0.1) is 0 Å². The minimum absolute atomic E-state index is 0.538. The highest BCUT2D eigenvalue weighted by Gasteiger charge is 2.18. The van der Waals surface area contributed by atoms with E-state index in [2.05, 4.69) is 100 Å². The summed E-state index contributed by atoms with van der Waals surface area (Å²) in [5, 5.41) is 6.37. The molecule has 0 N–H and O–H groups in total. The highest BCUT2D eigenvalue weighted by Crippen LogP contribution is 2.46. The Morgan fingerprint density at radius 2 is 0.893 bits per heavy atom. The Hall–Kier alpha value is -1.90. The Morgan fingerprint density at radius 1 is 0.500 bits per heavy atom. The predicted molar refractivity (Wildman–Crippen MR) is 129 cm³/mol. The molecule has 142 valence electrons. The molecule has 4 rings (SSSR count). The molecule has 0 saturated heterocycles. The molecule has 0 amide bonds. The van der Waals surface area contributed by atoms with Crippen molar-refractivity contribution in [2.45, 2.75) is 48.0 Å². The topological polar surface area (TPSA) is 0 Å². The van der Waals surface area contributed by atoms with E-state index in [1.165, 1.54) is 42.5 Å². The summed E-state index contributed by atoms with van der Waals surface area (Å²) in [5.41, 5.74) is 2.77. The van der Waals surface area contributed by atoms with Crippen LogP contribution in [0.1, 0.15) is 27.7 Å². The fraction of sp³-hybridized carbons (Fsp3) is 0.231. The third-order valence-electron chi connectivity index (χ3n) is 4.76. The molecule has 0 aliphatic heterocycles. The maximum absolute atomic E-state index is 2.31. The van der Waals surface area contributed by atoms with Crippen LogP contribution < -0.4 is 0 Å². The fourth-order valence-corrected chi connectivity index (χ4v) is 5.69. The van der Waals surface area contributed by atoms with Gasteiger partial charge in [-0.3, -0.25) is 0 Å². The van der Waals surface area contributed by atoms with Gasteiger partial charge in [0.2, 0.25) is 0 Å². The summed E-state index contributed by atoms with van der Waals surface area (Å²) in [4.78, 5) is 2.74. The molecular weight excluding hydrogens is 376 g/mol.